The zero-order chi connectivity index (χ0) is 12.3. The first kappa shape index (κ1) is 15.0. The molecule has 1 aromatic heterocycles. The zero-order valence-electron chi connectivity index (χ0n) is 10.7. The Morgan fingerprint density at radius 1 is 1.22 bits per heavy atom. The number of benzene rings is 1. The highest BCUT2D eigenvalue weighted by Gasteiger charge is 2.21. The van der Waals surface area contributed by atoms with Crippen LogP contribution in [0.2, 0.25) is 0 Å². The number of hydrogen-bond donors (Lipinski definition) is 0. The van der Waals surface area contributed by atoms with Gasteiger partial charge in [0.25, 0.3) is 0 Å². The molecule has 18 heavy (non-hydrogen) atoms. The summed E-state index contributed by atoms with van der Waals surface area (Å²) in [5.41, 5.74) is 0.977. The van der Waals surface area contributed by atoms with E-state index in [1.165, 1.54) is 0 Å². The van der Waals surface area contributed by atoms with Gasteiger partial charge in [0.15, 0.2) is 11.9 Å². The minimum Gasteiger partial charge on any atom is -0.321 e. The third-order valence-corrected chi connectivity index (χ3v) is 3.60. The van der Waals surface area contributed by atoms with Crippen LogP contribution in [0.4, 0.5) is 0 Å². The maximum Gasteiger partial charge on any atom is 0.343 e. The van der Waals surface area contributed by atoms with Crippen LogP contribution in [0.1, 0.15) is 6.92 Å². The first-order valence-electron chi connectivity index (χ1n) is 5.52. The van der Waals surface area contributed by atoms with Crippen molar-refractivity contribution in [1.82, 2.24) is 10.1 Å². The van der Waals surface area contributed by atoms with Gasteiger partial charge in [-0.1, -0.05) is 35.5 Å². The summed E-state index contributed by atoms with van der Waals surface area (Å²) in [6.45, 7) is 3.12. The highest BCUT2D eigenvalue weighted by Crippen LogP contribution is 2.27. The molecule has 6 heteroatoms. The lowest BCUT2D eigenvalue weighted by Crippen LogP contribution is -2.30. The molecule has 0 aliphatic carbocycles. The van der Waals surface area contributed by atoms with Crippen molar-refractivity contribution in [3.63, 3.8) is 0 Å². The van der Waals surface area contributed by atoms with Crippen molar-refractivity contribution in [1.29, 1.82) is 0 Å². The van der Waals surface area contributed by atoms with Gasteiger partial charge in [-0.25, -0.2) is 0 Å². The first-order valence-corrected chi connectivity index (χ1v) is 6.30. The van der Waals surface area contributed by atoms with Crippen molar-refractivity contribution < 1.29 is 8.41 Å². The van der Waals surface area contributed by atoms with E-state index in [1.807, 2.05) is 30.3 Å². The lowest BCUT2D eigenvalue weighted by atomic mass is 10.2. The average Bonchev–Trinajstić information content (AvgIpc) is 2.78. The molecule has 0 amide bonds. The van der Waals surface area contributed by atoms with Gasteiger partial charge in [-0.15, -0.1) is 12.4 Å². The van der Waals surface area contributed by atoms with Gasteiger partial charge in [-0.3, -0.25) is 3.89 Å². The summed E-state index contributed by atoms with van der Waals surface area (Å²) in [4.78, 5) is 4.38. The van der Waals surface area contributed by atoms with Gasteiger partial charge < -0.3 is 4.52 Å². The van der Waals surface area contributed by atoms with E-state index in [0.29, 0.717) is 11.0 Å². The molecule has 98 valence electrons. The molecule has 0 saturated heterocycles. The molecule has 0 bridgehead atoms. The number of halogens is 1. The Morgan fingerprint density at radius 2 is 1.89 bits per heavy atom. The molecule has 0 spiro atoms. The second kappa shape index (κ2) is 6.22. The standard InChI is InChI=1S/C12H16N3OS.ClH/c1-4-15(2,3)17-12-13-11(14-16-12)10-8-6-5-7-9-10;/h5-9H,4H2,1-3H3;1H/q+1;. The number of nitrogens with zero attached hydrogens (tertiary/aromatic N) is 3. The molecule has 0 atom stereocenters. The summed E-state index contributed by atoms with van der Waals surface area (Å²) >= 11 is 1.56. The van der Waals surface area contributed by atoms with E-state index in [9.17, 15) is 0 Å². The van der Waals surface area contributed by atoms with Crippen LogP contribution < -0.4 is 0 Å². The maximum atomic E-state index is 5.24. The Balaban J connectivity index is 0.00000162. The van der Waals surface area contributed by atoms with E-state index in [1.54, 1.807) is 11.9 Å². The molecule has 0 unspecified atom stereocenters. The minimum absolute atomic E-state index is 0. The fraction of sp³-hybridized carbons (Fsp3) is 0.333. The summed E-state index contributed by atoms with van der Waals surface area (Å²) in [6, 6.07) is 9.84. The van der Waals surface area contributed by atoms with Gasteiger partial charge in [0.2, 0.25) is 5.82 Å². The van der Waals surface area contributed by atoms with Crippen molar-refractivity contribution in [2.45, 2.75) is 12.1 Å². The van der Waals surface area contributed by atoms with Crippen LogP contribution in [-0.2, 0) is 0 Å². The summed E-state index contributed by atoms with van der Waals surface area (Å²) in [6.07, 6.45) is 0. The number of aromatic nitrogens is 2. The maximum absolute atomic E-state index is 5.24. The van der Waals surface area contributed by atoms with Gasteiger partial charge in [-0.05, 0) is 6.92 Å². The van der Waals surface area contributed by atoms with Crippen LogP contribution in [0.3, 0.4) is 0 Å². The Kier molecular flexibility index (Phi) is 5.19. The second-order valence-corrected chi connectivity index (χ2v) is 5.75. The molecule has 2 rings (SSSR count). The zero-order valence-corrected chi connectivity index (χ0v) is 12.3. The van der Waals surface area contributed by atoms with Crippen molar-refractivity contribution >= 4 is 24.4 Å². The van der Waals surface area contributed by atoms with E-state index in [-0.39, 0.29) is 12.4 Å². The fourth-order valence-electron chi connectivity index (χ4n) is 1.23. The van der Waals surface area contributed by atoms with Crippen molar-refractivity contribution in [3.8, 4) is 11.4 Å². The van der Waals surface area contributed by atoms with Gasteiger partial charge >= 0.3 is 5.22 Å². The van der Waals surface area contributed by atoms with Crippen molar-refractivity contribution in [2.75, 3.05) is 20.6 Å². The fourth-order valence-corrected chi connectivity index (χ4v) is 1.98. The predicted molar refractivity (Wildman–Crippen MR) is 75.5 cm³/mol. The molecular formula is C12H17ClN3OS+. The highest BCUT2D eigenvalue weighted by atomic mass is 35.5. The Hall–Kier alpha value is -1.04. The number of hydrogen-bond acceptors (Lipinski definition) is 4. The van der Waals surface area contributed by atoms with Crippen LogP contribution in [-0.4, -0.2) is 34.7 Å². The predicted octanol–water partition coefficient (Wildman–Crippen LogP) is 3.26. The number of quaternary nitrogens is 1. The van der Waals surface area contributed by atoms with Crippen molar-refractivity contribution in [2.24, 2.45) is 0 Å². The van der Waals surface area contributed by atoms with Gasteiger partial charge in [0, 0.05) is 5.56 Å². The van der Waals surface area contributed by atoms with Crippen LogP contribution >= 0.6 is 24.4 Å². The molecule has 0 fully saturated rings. The van der Waals surface area contributed by atoms with Crippen LogP contribution in [0, 0.1) is 0 Å². The van der Waals surface area contributed by atoms with E-state index >= 15 is 0 Å². The van der Waals surface area contributed by atoms with Crippen molar-refractivity contribution in [3.05, 3.63) is 30.3 Å². The Morgan fingerprint density at radius 3 is 2.50 bits per heavy atom. The van der Waals surface area contributed by atoms with Gasteiger partial charge in [-0.2, -0.15) is 4.98 Å². The molecule has 0 saturated carbocycles. The van der Waals surface area contributed by atoms with E-state index in [4.69, 9.17) is 4.52 Å². The number of rotatable bonds is 4. The van der Waals surface area contributed by atoms with E-state index in [2.05, 4.69) is 31.2 Å². The normalized spacial score (nSPS) is 11.1. The lowest BCUT2D eigenvalue weighted by molar-refractivity contribution is -0.748. The average molecular weight is 287 g/mol. The second-order valence-electron chi connectivity index (χ2n) is 4.23. The first-order chi connectivity index (χ1) is 8.11. The molecule has 2 aromatic rings. The monoisotopic (exact) mass is 286 g/mol. The lowest BCUT2D eigenvalue weighted by Gasteiger charge is -2.21. The van der Waals surface area contributed by atoms with Crippen LogP contribution in [0.25, 0.3) is 11.4 Å². The van der Waals surface area contributed by atoms with Crippen LogP contribution in [0.15, 0.2) is 40.1 Å². The SMILES string of the molecule is CC[N+](C)(C)Sc1nc(-c2ccccc2)no1.Cl. The van der Waals surface area contributed by atoms with E-state index < -0.39 is 0 Å². The molecule has 0 aliphatic heterocycles. The molecular weight excluding hydrogens is 270 g/mol. The molecule has 0 aliphatic rings. The Labute approximate surface area is 118 Å². The largest absolute Gasteiger partial charge is 0.343 e. The quantitative estimate of drug-likeness (QED) is 0.639. The summed E-state index contributed by atoms with van der Waals surface area (Å²) < 4.78 is 6.00. The van der Waals surface area contributed by atoms with Crippen LogP contribution in [0.5, 0.6) is 0 Å². The Bertz CT molecular complexity index is 487. The van der Waals surface area contributed by atoms with Gasteiger partial charge in [0.1, 0.15) is 0 Å². The smallest absolute Gasteiger partial charge is 0.321 e. The topological polar surface area (TPSA) is 38.9 Å². The molecule has 4 nitrogen and oxygen atoms in total. The van der Waals surface area contributed by atoms with Gasteiger partial charge in [0.05, 0.1) is 20.6 Å². The highest BCUT2D eigenvalue weighted by molar-refractivity contribution is 7.93. The molecule has 0 N–H and O–H groups in total. The molecule has 1 heterocycles. The summed E-state index contributed by atoms with van der Waals surface area (Å²) in [7, 11) is 4.22. The molecule has 0 radical (unpaired) electrons. The van der Waals surface area contributed by atoms with E-state index in [0.717, 1.165) is 16.0 Å². The minimum atomic E-state index is 0. The summed E-state index contributed by atoms with van der Waals surface area (Å²) in [5, 5.41) is 4.60. The third-order valence-electron chi connectivity index (χ3n) is 2.53. The third kappa shape index (κ3) is 3.73. The summed E-state index contributed by atoms with van der Waals surface area (Å²) in [5.74, 6) is 0.643. The molecule has 1 aromatic carbocycles.